The number of non-ortho nitro benzene ring substituents is 1. The number of carbonyl (C=O) groups excluding carboxylic acids is 2. The summed E-state index contributed by atoms with van der Waals surface area (Å²) in [6, 6.07) is 11.0. The van der Waals surface area contributed by atoms with Gasteiger partial charge in [0, 0.05) is 18.2 Å². The number of nitrogens with zero attached hydrogens (tertiary/aromatic N) is 2. The van der Waals surface area contributed by atoms with E-state index in [-0.39, 0.29) is 29.5 Å². The first-order valence-electron chi connectivity index (χ1n) is 8.69. The number of nitro benzene ring substituents is 1. The number of benzene rings is 2. The van der Waals surface area contributed by atoms with Gasteiger partial charge >= 0.3 is 0 Å². The third-order valence-electron chi connectivity index (χ3n) is 4.11. The van der Waals surface area contributed by atoms with Crippen LogP contribution >= 0.6 is 23.4 Å². The van der Waals surface area contributed by atoms with Crippen LogP contribution in [-0.2, 0) is 11.4 Å². The molecule has 1 saturated heterocycles. The van der Waals surface area contributed by atoms with Gasteiger partial charge in [0.15, 0.2) is 0 Å². The fourth-order valence-corrected chi connectivity index (χ4v) is 3.93. The van der Waals surface area contributed by atoms with E-state index >= 15 is 0 Å². The predicted octanol–water partition coefficient (Wildman–Crippen LogP) is 5.27. The zero-order valence-corrected chi connectivity index (χ0v) is 17.2. The van der Waals surface area contributed by atoms with Crippen molar-refractivity contribution in [1.82, 2.24) is 4.90 Å². The summed E-state index contributed by atoms with van der Waals surface area (Å²) in [6.07, 6.45) is 1.61. The Hall–Kier alpha value is -2.84. The Morgan fingerprint density at radius 3 is 2.62 bits per heavy atom. The van der Waals surface area contributed by atoms with Gasteiger partial charge in [-0.1, -0.05) is 29.8 Å². The van der Waals surface area contributed by atoms with Crippen molar-refractivity contribution in [2.75, 3.05) is 0 Å². The van der Waals surface area contributed by atoms with Crippen LogP contribution in [0.4, 0.5) is 10.5 Å². The van der Waals surface area contributed by atoms with Crippen molar-refractivity contribution < 1.29 is 19.2 Å². The highest BCUT2D eigenvalue weighted by Crippen LogP contribution is 2.35. The van der Waals surface area contributed by atoms with Crippen molar-refractivity contribution in [2.24, 2.45) is 0 Å². The van der Waals surface area contributed by atoms with Crippen LogP contribution in [0.25, 0.3) is 6.08 Å². The number of nitro groups is 1. The van der Waals surface area contributed by atoms with Crippen LogP contribution in [0.5, 0.6) is 5.75 Å². The standard InChI is InChI=1S/C20H17ClN2O5S/c1-12(2)22-19(24)18(29-20(22)25)10-13-6-7-17(16(21)9-13)28-11-14-4-3-5-15(8-14)23(26)27/h3-10,12H,11H2,1-2H3/b18-10-. The van der Waals surface area contributed by atoms with Gasteiger partial charge in [0.25, 0.3) is 16.8 Å². The second-order valence-electron chi connectivity index (χ2n) is 6.55. The first kappa shape index (κ1) is 20.9. The summed E-state index contributed by atoms with van der Waals surface area (Å²) in [5.41, 5.74) is 1.29. The average Bonchev–Trinajstić information content (AvgIpc) is 2.94. The molecule has 29 heavy (non-hydrogen) atoms. The summed E-state index contributed by atoms with van der Waals surface area (Å²) in [5, 5.41) is 10.9. The van der Waals surface area contributed by atoms with Crippen LogP contribution < -0.4 is 4.74 Å². The molecule has 1 fully saturated rings. The molecule has 0 aromatic heterocycles. The second kappa shape index (κ2) is 8.67. The number of hydrogen-bond acceptors (Lipinski definition) is 6. The van der Waals surface area contributed by atoms with Crippen molar-refractivity contribution in [2.45, 2.75) is 26.5 Å². The fourth-order valence-electron chi connectivity index (χ4n) is 2.72. The summed E-state index contributed by atoms with van der Waals surface area (Å²) in [4.78, 5) is 36.3. The third kappa shape index (κ3) is 4.78. The van der Waals surface area contributed by atoms with Crippen LogP contribution in [0.2, 0.25) is 5.02 Å². The van der Waals surface area contributed by atoms with Crippen LogP contribution in [0.1, 0.15) is 25.0 Å². The molecule has 0 atom stereocenters. The molecule has 9 heteroatoms. The number of ether oxygens (including phenoxy) is 1. The molecule has 150 valence electrons. The topological polar surface area (TPSA) is 89.8 Å². The van der Waals surface area contributed by atoms with Gasteiger partial charge in [0.1, 0.15) is 12.4 Å². The molecular formula is C20H17ClN2O5S. The zero-order valence-electron chi connectivity index (χ0n) is 15.6. The van der Waals surface area contributed by atoms with E-state index in [2.05, 4.69) is 0 Å². The van der Waals surface area contributed by atoms with E-state index in [4.69, 9.17) is 16.3 Å². The number of carbonyl (C=O) groups is 2. The Balaban J connectivity index is 1.72. The normalized spacial score (nSPS) is 15.4. The molecule has 1 aliphatic rings. The molecule has 3 rings (SSSR count). The first-order valence-corrected chi connectivity index (χ1v) is 9.88. The van der Waals surface area contributed by atoms with Crippen molar-refractivity contribution in [1.29, 1.82) is 0 Å². The number of rotatable bonds is 6. The summed E-state index contributed by atoms with van der Waals surface area (Å²) < 4.78 is 5.66. The van der Waals surface area contributed by atoms with Crippen molar-refractivity contribution >= 4 is 46.3 Å². The minimum atomic E-state index is -0.466. The van der Waals surface area contributed by atoms with Crippen LogP contribution in [0, 0.1) is 10.1 Å². The monoisotopic (exact) mass is 432 g/mol. The second-order valence-corrected chi connectivity index (χ2v) is 7.95. The Labute approximate surface area is 176 Å². The Bertz CT molecular complexity index is 1020. The SMILES string of the molecule is CC(C)N1C(=O)S/C(=C\c2ccc(OCc3cccc([N+](=O)[O-])c3)c(Cl)c2)C1=O. The summed E-state index contributed by atoms with van der Waals surface area (Å²) in [7, 11) is 0. The summed E-state index contributed by atoms with van der Waals surface area (Å²) in [6.45, 7) is 3.68. The molecule has 2 aromatic rings. The van der Waals surface area contributed by atoms with E-state index in [1.165, 1.54) is 17.0 Å². The molecule has 1 aliphatic heterocycles. The molecule has 0 aliphatic carbocycles. The lowest BCUT2D eigenvalue weighted by molar-refractivity contribution is -0.384. The molecule has 0 N–H and O–H groups in total. The lowest BCUT2D eigenvalue weighted by Crippen LogP contribution is -2.34. The quantitative estimate of drug-likeness (QED) is 0.351. The van der Waals surface area contributed by atoms with Crippen molar-refractivity contribution in [3.05, 3.63) is 73.6 Å². The Morgan fingerprint density at radius 2 is 2.00 bits per heavy atom. The number of hydrogen-bond donors (Lipinski definition) is 0. The number of amides is 2. The summed E-state index contributed by atoms with van der Waals surface area (Å²) >= 11 is 7.17. The van der Waals surface area contributed by atoms with Gasteiger partial charge in [-0.2, -0.15) is 0 Å². The molecule has 7 nitrogen and oxygen atoms in total. The molecule has 0 radical (unpaired) electrons. The van der Waals surface area contributed by atoms with Crippen LogP contribution in [0.3, 0.4) is 0 Å². The van der Waals surface area contributed by atoms with Gasteiger partial charge in [-0.05, 0) is 54.9 Å². The third-order valence-corrected chi connectivity index (χ3v) is 5.29. The van der Waals surface area contributed by atoms with Gasteiger partial charge in [0.2, 0.25) is 0 Å². The maximum atomic E-state index is 12.4. The average molecular weight is 433 g/mol. The van der Waals surface area contributed by atoms with Gasteiger partial charge in [0.05, 0.1) is 14.9 Å². The van der Waals surface area contributed by atoms with E-state index in [0.29, 0.717) is 26.8 Å². The summed E-state index contributed by atoms with van der Waals surface area (Å²) in [5.74, 6) is 0.0859. The van der Waals surface area contributed by atoms with E-state index < -0.39 is 4.92 Å². The highest BCUT2D eigenvalue weighted by Gasteiger charge is 2.36. The van der Waals surface area contributed by atoms with E-state index in [0.717, 1.165) is 11.8 Å². The molecule has 2 aromatic carbocycles. The van der Waals surface area contributed by atoms with Gasteiger partial charge in [-0.3, -0.25) is 24.6 Å². The molecule has 0 unspecified atom stereocenters. The highest BCUT2D eigenvalue weighted by molar-refractivity contribution is 8.18. The Morgan fingerprint density at radius 1 is 1.24 bits per heavy atom. The molecule has 2 amide bonds. The largest absolute Gasteiger partial charge is 0.487 e. The fraction of sp³-hybridized carbons (Fsp3) is 0.200. The van der Waals surface area contributed by atoms with Gasteiger partial charge in [-0.25, -0.2) is 0 Å². The zero-order chi connectivity index (χ0) is 21.1. The molecule has 0 spiro atoms. The molecular weight excluding hydrogens is 416 g/mol. The van der Waals surface area contributed by atoms with Crippen molar-refractivity contribution in [3.8, 4) is 5.75 Å². The van der Waals surface area contributed by atoms with Gasteiger partial charge in [-0.15, -0.1) is 0 Å². The van der Waals surface area contributed by atoms with E-state index in [1.54, 1.807) is 50.3 Å². The maximum absolute atomic E-state index is 12.4. The molecule has 0 saturated carbocycles. The lowest BCUT2D eigenvalue weighted by atomic mass is 10.2. The number of thioether (sulfide) groups is 1. The number of halogens is 1. The van der Waals surface area contributed by atoms with Crippen LogP contribution in [-0.4, -0.2) is 27.0 Å². The first-order chi connectivity index (χ1) is 13.8. The predicted molar refractivity (Wildman–Crippen MR) is 112 cm³/mol. The highest BCUT2D eigenvalue weighted by atomic mass is 35.5. The molecule has 1 heterocycles. The minimum absolute atomic E-state index is 0.0112. The smallest absolute Gasteiger partial charge is 0.293 e. The minimum Gasteiger partial charge on any atom is -0.487 e. The van der Waals surface area contributed by atoms with Gasteiger partial charge < -0.3 is 4.74 Å². The number of imide groups is 1. The Kier molecular flexibility index (Phi) is 6.24. The van der Waals surface area contributed by atoms with Crippen LogP contribution in [0.15, 0.2) is 47.4 Å². The van der Waals surface area contributed by atoms with E-state index in [1.807, 2.05) is 0 Å². The molecule has 0 bridgehead atoms. The van der Waals surface area contributed by atoms with E-state index in [9.17, 15) is 19.7 Å². The van der Waals surface area contributed by atoms with Crippen molar-refractivity contribution in [3.63, 3.8) is 0 Å². The lowest BCUT2D eigenvalue weighted by Gasteiger charge is -2.16. The maximum Gasteiger partial charge on any atom is 0.293 e.